The summed E-state index contributed by atoms with van der Waals surface area (Å²) in [6.07, 6.45) is 2.38. The number of rotatable bonds is 6. The topological polar surface area (TPSA) is 142 Å². The van der Waals surface area contributed by atoms with E-state index in [4.69, 9.17) is 9.26 Å². The van der Waals surface area contributed by atoms with Crippen LogP contribution in [0, 0.1) is 17.2 Å². The summed E-state index contributed by atoms with van der Waals surface area (Å²) in [7, 11) is 0. The van der Waals surface area contributed by atoms with Gasteiger partial charge in [-0.05, 0) is 68.9 Å². The molecule has 2 amide bonds. The summed E-state index contributed by atoms with van der Waals surface area (Å²) in [5.41, 5.74) is 3.94. The van der Waals surface area contributed by atoms with Crippen LogP contribution in [0.15, 0.2) is 40.9 Å². The van der Waals surface area contributed by atoms with E-state index in [0.717, 1.165) is 29.5 Å². The Hall–Kier alpha value is -4.39. The molecule has 2 aromatic carbocycles. The average molecular weight is 546 g/mol. The number of piperidine rings is 1. The molecule has 210 valence electrons. The van der Waals surface area contributed by atoms with Gasteiger partial charge in [0.15, 0.2) is 0 Å². The Bertz CT molecular complexity index is 1400. The summed E-state index contributed by atoms with van der Waals surface area (Å²) in [6, 6.07) is 12.9. The molecule has 5 rings (SSSR count). The highest BCUT2D eigenvalue weighted by atomic mass is 16.5. The Balaban J connectivity index is 0.00000181. The molecule has 10 heteroatoms. The molecule has 1 aliphatic carbocycles. The van der Waals surface area contributed by atoms with Gasteiger partial charge in [-0.15, -0.1) is 0 Å². The number of benzene rings is 2. The van der Waals surface area contributed by atoms with Crippen molar-refractivity contribution < 1.29 is 24.0 Å². The minimum Gasteiger partial charge on any atom is -0.490 e. The van der Waals surface area contributed by atoms with E-state index >= 15 is 0 Å². The van der Waals surface area contributed by atoms with Crippen LogP contribution in [0.3, 0.4) is 0 Å². The van der Waals surface area contributed by atoms with Crippen LogP contribution in [0.1, 0.15) is 69.7 Å². The quantitative estimate of drug-likeness (QED) is 0.409. The van der Waals surface area contributed by atoms with Gasteiger partial charge in [-0.2, -0.15) is 10.2 Å². The summed E-state index contributed by atoms with van der Waals surface area (Å²) in [5.74, 6) is 0.0747. The normalized spacial score (nSPS) is 16.5. The molecule has 1 atom stereocenters. The van der Waals surface area contributed by atoms with E-state index in [9.17, 15) is 20.0 Å². The molecular weight excluding hydrogens is 510 g/mol. The van der Waals surface area contributed by atoms with Gasteiger partial charge in [0.25, 0.3) is 5.89 Å². The van der Waals surface area contributed by atoms with Crippen molar-refractivity contribution in [1.82, 2.24) is 20.4 Å². The third kappa shape index (κ3) is 6.09. The van der Waals surface area contributed by atoms with Crippen LogP contribution >= 0.6 is 0 Å². The molecule has 3 aromatic rings. The number of carbonyl (C=O) groups is 2. The lowest BCUT2D eigenvalue weighted by atomic mass is 9.97. The molecular formula is C30H35N5O5. The maximum atomic E-state index is 12.9. The van der Waals surface area contributed by atoms with Gasteiger partial charge in [0.05, 0.1) is 23.6 Å². The molecule has 1 aromatic heterocycles. The number of hydrogen-bond donors (Lipinski definition) is 2. The number of amides is 2. The number of nitrogens with one attached hydrogen (secondary N) is 1. The maximum Gasteiger partial charge on any atom is 0.317 e. The molecule has 2 heterocycles. The Morgan fingerprint density at radius 1 is 1.18 bits per heavy atom. The van der Waals surface area contributed by atoms with Crippen molar-refractivity contribution in [3.63, 3.8) is 0 Å². The number of aromatic nitrogens is 2. The van der Waals surface area contributed by atoms with Crippen molar-refractivity contribution in [3.8, 4) is 34.7 Å². The van der Waals surface area contributed by atoms with Gasteiger partial charge in [0, 0.05) is 24.2 Å². The second kappa shape index (κ2) is 12.6. The fourth-order valence-corrected chi connectivity index (χ4v) is 5.14. The van der Waals surface area contributed by atoms with Crippen molar-refractivity contribution >= 4 is 12.0 Å². The molecule has 2 aliphatic rings. The monoisotopic (exact) mass is 545 g/mol. The van der Waals surface area contributed by atoms with Gasteiger partial charge >= 0.3 is 12.0 Å². The van der Waals surface area contributed by atoms with E-state index in [2.05, 4.69) is 21.5 Å². The van der Waals surface area contributed by atoms with E-state index < -0.39 is 5.97 Å². The third-order valence-corrected chi connectivity index (χ3v) is 7.08. The van der Waals surface area contributed by atoms with E-state index in [-0.39, 0.29) is 24.1 Å². The van der Waals surface area contributed by atoms with Gasteiger partial charge in [-0.25, -0.2) is 4.79 Å². The number of carboxylic acids is 1. The lowest BCUT2D eigenvalue weighted by Gasteiger charge is -2.31. The van der Waals surface area contributed by atoms with Crippen LogP contribution in [0.4, 0.5) is 4.79 Å². The lowest BCUT2D eigenvalue weighted by molar-refractivity contribution is -0.143. The first-order valence-electron chi connectivity index (χ1n) is 13.8. The number of fused-ring (bicyclic) bond motifs is 1. The van der Waals surface area contributed by atoms with Crippen LogP contribution in [0.2, 0.25) is 0 Å². The Labute approximate surface area is 233 Å². The smallest absolute Gasteiger partial charge is 0.317 e. The Morgan fingerprint density at radius 2 is 1.93 bits per heavy atom. The lowest BCUT2D eigenvalue weighted by Crippen LogP contribution is -2.46. The molecule has 1 saturated heterocycles. The van der Waals surface area contributed by atoms with Gasteiger partial charge < -0.3 is 24.6 Å². The van der Waals surface area contributed by atoms with Crippen molar-refractivity contribution in [2.45, 2.75) is 65.5 Å². The number of ether oxygens (including phenoxy) is 1. The molecule has 1 fully saturated rings. The van der Waals surface area contributed by atoms with E-state index in [1.54, 1.807) is 23.1 Å². The highest BCUT2D eigenvalue weighted by Gasteiger charge is 2.31. The SMILES string of the molecule is CC.CC(C)Oc1ccc(-c2nc(-c3cccc4c3CCC4NC(=O)N3CCC(C(=O)O)CC3)no2)cc1C#N. The number of nitriles is 1. The number of urea groups is 1. The number of likely N-dealkylation sites (tertiary alicyclic amines) is 1. The van der Waals surface area contributed by atoms with E-state index in [0.29, 0.717) is 54.5 Å². The summed E-state index contributed by atoms with van der Waals surface area (Å²) in [4.78, 5) is 30.4. The van der Waals surface area contributed by atoms with Crippen molar-refractivity contribution in [2.24, 2.45) is 5.92 Å². The average Bonchev–Trinajstić information content (AvgIpc) is 3.62. The molecule has 40 heavy (non-hydrogen) atoms. The predicted molar refractivity (Wildman–Crippen MR) is 149 cm³/mol. The van der Waals surface area contributed by atoms with Crippen LogP contribution in [0.5, 0.6) is 5.75 Å². The first-order chi connectivity index (χ1) is 19.3. The molecule has 0 bridgehead atoms. The van der Waals surface area contributed by atoms with Gasteiger partial charge in [0.2, 0.25) is 5.82 Å². The van der Waals surface area contributed by atoms with Crippen LogP contribution in [0.25, 0.3) is 22.8 Å². The minimum absolute atomic E-state index is 0.0547. The molecule has 0 radical (unpaired) electrons. The number of carboxylic acid groups (broad SMARTS) is 1. The molecule has 1 unspecified atom stereocenters. The Kier molecular flexibility index (Phi) is 9.04. The fourth-order valence-electron chi connectivity index (χ4n) is 5.14. The molecule has 1 aliphatic heterocycles. The second-order valence-electron chi connectivity index (χ2n) is 9.93. The molecule has 0 saturated carbocycles. The third-order valence-electron chi connectivity index (χ3n) is 7.08. The van der Waals surface area contributed by atoms with Crippen LogP contribution < -0.4 is 10.1 Å². The van der Waals surface area contributed by atoms with Gasteiger partial charge in [-0.1, -0.05) is 37.2 Å². The highest BCUT2D eigenvalue weighted by molar-refractivity contribution is 5.76. The molecule has 2 N–H and O–H groups in total. The van der Waals surface area contributed by atoms with Crippen molar-refractivity contribution in [3.05, 3.63) is 53.1 Å². The first kappa shape index (κ1) is 28.6. The summed E-state index contributed by atoms with van der Waals surface area (Å²) in [6.45, 7) is 8.67. The summed E-state index contributed by atoms with van der Waals surface area (Å²) in [5, 5.41) is 26.1. The highest BCUT2D eigenvalue weighted by Crippen LogP contribution is 2.38. The van der Waals surface area contributed by atoms with Crippen molar-refractivity contribution in [1.29, 1.82) is 5.26 Å². The van der Waals surface area contributed by atoms with Crippen LogP contribution in [-0.2, 0) is 11.2 Å². The zero-order valence-corrected chi connectivity index (χ0v) is 23.3. The van der Waals surface area contributed by atoms with Gasteiger partial charge in [0.1, 0.15) is 11.8 Å². The summed E-state index contributed by atoms with van der Waals surface area (Å²) >= 11 is 0. The standard InChI is InChI=1S/C28H29N5O5.C2H6/c1-16(2)37-24-9-6-18(14-19(24)15-29)26-31-25(32-38-26)22-5-3-4-21-20(22)7-8-23(21)30-28(36)33-12-10-17(11-13-33)27(34)35;1-2/h3-6,9,14,16-17,23H,7-8,10-13H2,1-2H3,(H,30,36)(H,34,35);1-2H3. The van der Waals surface area contributed by atoms with Crippen LogP contribution in [-0.4, -0.2) is 51.3 Å². The minimum atomic E-state index is -0.797. The number of aliphatic carboxylic acids is 1. The molecule has 0 spiro atoms. The fraction of sp³-hybridized carbons (Fsp3) is 0.433. The van der Waals surface area contributed by atoms with E-state index in [1.807, 2.05) is 45.9 Å². The zero-order chi connectivity index (χ0) is 28.8. The van der Waals surface area contributed by atoms with Gasteiger partial charge in [-0.3, -0.25) is 4.79 Å². The number of carbonyl (C=O) groups excluding carboxylic acids is 1. The summed E-state index contributed by atoms with van der Waals surface area (Å²) < 4.78 is 11.2. The molecule has 10 nitrogen and oxygen atoms in total. The van der Waals surface area contributed by atoms with Crippen molar-refractivity contribution in [2.75, 3.05) is 13.1 Å². The Morgan fingerprint density at radius 3 is 2.60 bits per heavy atom. The zero-order valence-electron chi connectivity index (χ0n) is 23.3. The first-order valence-corrected chi connectivity index (χ1v) is 13.8. The predicted octanol–water partition coefficient (Wildman–Crippen LogP) is 5.58. The maximum absolute atomic E-state index is 12.9. The second-order valence-corrected chi connectivity index (χ2v) is 9.93. The number of hydrogen-bond acceptors (Lipinski definition) is 7. The number of nitrogens with zero attached hydrogens (tertiary/aromatic N) is 4. The van der Waals surface area contributed by atoms with E-state index in [1.165, 1.54) is 0 Å². The largest absolute Gasteiger partial charge is 0.490 e.